The minimum atomic E-state index is -0.261. The summed E-state index contributed by atoms with van der Waals surface area (Å²) in [4.78, 5) is 25.3. The van der Waals surface area contributed by atoms with Crippen LogP contribution >= 0.6 is 0 Å². The molecule has 0 fully saturated rings. The van der Waals surface area contributed by atoms with E-state index in [1.165, 1.54) is 0 Å². The summed E-state index contributed by atoms with van der Waals surface area (Å²) in [6, 6.07) is 23.9. The molecule has 0 bridgehead atoms. The molecule has 4 heteroatoms. The van der Waals surface area contributed by atoms with E-state index in [2.05, 4.69) is 5.32 Å². The first-order valence-corrected chi connectivity index (χ1v) is 8.74. The maximum absolute atomic E-state index is 12.7. The van der Waals surface area contributed by atoms with E-state index < -0.39 is 0 Å². The maximum atomic E-state index is 12.7. The summed E-state index contributed by atoms with van der Waals surface area (Å²) in [7, 11) is 1.61. The van der Waals surface area contributed by atoms with Gasteiger partial charge in [0.25, 0.3) is 5.91 Å². The Hall–Kier alpha value is -3.40. The van der Waals surface area contributed by atoms with Gasteiger partial charge in [0.15, 0.2) is 5.78 Å². The van der Waals surface area contributed by atoms with Crippen molar-refractivity contribution in [2.75, 3.05) is 7.11 Å². The van der Waals surface area contributed by atoms with Crippen LogP contribution in [0.25, 0.3) is 0 Å². The number of nitrogens with one attached hydrogen (secondary N) is 1. The van der Waals surface area contributed by atoms with Crippen LogP contribution in [-0.4, -0.2) is 18.8 Å². The van der Waals surface area contributed by atoms with Crippen molar-refractivity contribution >= 4 is 11.7 Å². The first kappa shape index (κ1) is 18.4. The summed E-state index contributed by atoms with van der Waals surface area (Å²) in [6.07, 6.45) is 0.267. The van der Waals surface area contributed by atoms with Crippen molar-refractivity contribution in [2.24, 2.45) is 0 Å². The molecule has 1 N–H and O–H groups in total. The molecule has 0 spiro atoms. The summed E-state index contributed by atoms with van der Waals surface area (Å²) in [6.45, 7) is 0.379. The highest BCUT2D eigenvalue weighted by molar-refractivity contribution is 6.08. The molecule has 0 aliphatic carbocycles. The quantitative estimate of drug-likeness (QED) is 0.648. The van der Waals surface area contributed by atoms with Gasteiger partial charge >= 0.3 is 0 Å². The largest absolute Gasteiger partial charge is 0.497 e. The second-order valence-electron chi connectivity index (χ2n) is 6.16. The standard InChI is InChI=1S/C23H21NO3/c1-27-19-13-11-18(12-14-19)16-24-23(26)21-10-6-5-9-20(21)22(25)15-17-7-3-2-4-8-17/h2-14H,15-16H2,1H3,(H,24,26). The van der Waals surface area contributed by atoms with E-state index in [0.29, 0.717) is 17.7 Å². The van der Waals surface area contributed by atoms with Crippen LogP contribution < -0.4 is 10.1 Å². The molecule has 0 aliphatic heterocycles. The molecule has 4 nitrogen and oxygen atoms in total. The summed E-state index contributed by atoms with van der Waals surface area (Å²) in [5, 5.41) is 2.88. The Balaban J connectivity index is 1.70. The molecule has 136 valence electrons. The Kier molecular flexibility index (Phi) is 6.00. The highest BCUT2D eigenvalue weighted by Gasteiger charge is 2.16. The predicted octanol–water partition coefficient (Wildman–Crippen LogP) is 4.05. The van der Waals surface area contributed by atoms with E-state index in [1.807, 2.05) is 54.6 Å². The van der Waals surface area contributed by atoms with Gasteiger partial charge in [-0.15, -0.1) is 0 Å². The molecule has 1 amide bonds. The third kappa shape index (κ3) is 4.82. The molecule has 0 unspecified atom stereocenters. The molecule has 3 rings (SSSR count). The summed E-state index contributed by atoms with van der Waals surface area (Å²) < 4.78 is 5.13. The van der Waals surface area contributed by atoms with E-state index in [0.717, 1.165) is 16.9 Å². The Morgan fingerprint density at radius 3 is 2.07 bits per heavy atom. The van der Waals surface area contributed by atoms with Crippen molar-refractivity contribution < 1.29 is 14.3 Å². The maximum Gasteiger partial charge on any atom is 0.252 e. The Morgan fingerprint density at radius 2 is 1.41 bits per heavy atom. The molecular formula is C23H21NO3. The van der Waals surface area contributed by atoms with Crippen LogP contribution in [0.2, 0.25) is 0 Å². The number of ether oxygens (including phenoxy) is 1. The first-order chi connectivity index (χ1) is 13.2. The fraction of sp³-hybridized carbons (Fsp3) is 0.130. The number of methoxy groups -OCH3 is 1. The molecule has 0 aromatic heterocycles. The Bertz CT molecular complexity index is 918. The summed E-state index contributed by atoms with van der Waals surface area (Å²) in [5.74, 6) is 0.432. The highest BCUT2D eigenvalue weighted by atomic mass is 16.5. The lowest BCUT2D eigenvalue weighted by molar-refractivity contribution is 0.0932. The zero-order valence-electron chi connectivity index (χ0n) is 15.1. The second kappa shape index (κ2) is 8.81. The van der Waals surface area contributed by atoms with Crippen LogP contribution in [-0.2, 0) is 13.0 Å². The molecule has 0 heterocycles. The molecule has 0 radical (unpaired) electrons. The summed E-state index contributed by atoms with van der Waals surface area (Å²) >= 11 is 0. The fourth-order valence-corrected chi connectivity index (χ4v) is 2.82. The number of hydrogen-bond acceptors (Lipinski definition) is 3. The van der Waals surface area contributed by atoms with Gasteiger partial charge in [0.05, 0.1) is 12.7 Å². The minimum Gasteiger partial charge on any atom is -0.497 e. The molecule has 0 atom stereocenters. The van der Waals surface area contributed by atoms with Crippen molar-refractivity contribution in [3.8, 4) is 5.75 Å². The van der Waals surface area contributed by atoms with Crippen LogP contribution in [0.5, 0.6) is 5.75 Å². The zero-order chi connectivity index (χ0) is 19.1. The molecule has 0 saturated heterocycles. The number of carbonyl (C=O) groups is 2. The van der Waals surface area contributed by atoms with Gasteiger partial charge in [0, 0.05) is 18.5 Å². The van der Waals surface area contributed by atoms with Crippen LogP contribution in [0.3, 0.4) is 0 Å². The average molecular weight is 359 g/mol. The van der Waals surface area contributed by atoms with Gasteiger partial charge in [-0.05, 0) is 29.3 Å². The van der Waals surface area contributed by atoms with Crippen molar-refractivity contribution in [1.82, 2.24) is 5.32 Å². The lowest BCUT2D eigenvalue weighted by Gasteiger charge is -2.10. The number of amides is 1. The van der Waals surface area contributed by atoms with Crippen molar-refractivity contribution in [1.29, 1.82) is 0 Å². The first-order valence-electron chi connectivity index (χ1n) is 8.74. The average Bonchev–Trinajstić information content (AvgIpc) is 2.73. The van der Waals surface area contributed by atoms with Crippen LogP contribution in [0.1, 0.15) is 31.8 Å². The number of benzene rings is 3. The lowest BCUT2D eigenvalue weighted by Crippen LogP contribution is -2.25. The third-order valence-corrected chi connectivity index (χ3v) is 4.29. The number of carbonyl (C=O) groups excluding carboxylic acids is 2. The normalized spacial score (nSPS) is 10.3. The van der Waals surface area contributed by atoms with Gasteiger partial charge in [-0.1, -0.05) is 60.7 Å². The van der Waals surface area contributed by atoms with Gasteiger partial charge in [0.1, 0.15) is 5.75 Å². The van der Waals surface area contributed by atoms with Gasteiger partial charge in [-0.3, -0.25) is 9.59 Å². The van der Waals surface area contributed by atoms with E-state index in [-0.39, 0.29) is 18.1 Å². The predicted molar refractivity (Wildman–Crippen MR) is 105 cm³/mol. The number of ketones is 1. The highest BCUT2D eigenvalue weighted by Crippen LogP contribution is 2.14. The smallest absolute Gasteiger partial charge is 0.252 e. The Morgan fingerprint density at radius 1 is 0.778 bits per heavy atom. The van der Waals surface area contributed by atoms with Gasteiger partial charge < -0.3 is 10.1 Å². The van der Waals surface area contributed by atoms with Gasteiger partial charge in [-0.2, -0.15) is 0 Å². The number of Topliss-reactive ketones (excluding diaryl/α,β-unsaturated/α-hetero) is 1. The molecule has 3 aromatic rings. The Labute approximate surface area is 158 Å². The molecule has 0 aliphatic rings. The zero-order valence-corrected chi connectivity index (χ0v) is 15.1. The van der Waals surface area contributed by atoms with Crippen molar-refractivity contribution in [3.05, 3.63) is 101 Å². The number of hydrogen-bond donors (Lipinski definition) is 1. The summed E-state index contributed by atoms with van der Waals surface area (Å²) in [5.41, 5.74) is 2.72. The topological polar surface area (TPSA) is 55.4 Å². The number of rotatable bonds is 7. The van der Waals surface area contributed by atoms with Crippen molar-refractivity contribution in [3.63, 3.8) is 0 Å². The fourth-order valence-electron chi connectivity index (χ4n) is 2.82. The van der Waals surface area contributed by atoms with Gasteiger partial charge in [-0.25, -0.2) is 0 Å². The molecule has 27 heavy (non-hydrogen) atoms. The lowest BCUT2D eigenvalue weighted by atomic mass is 9.98. The minimum absolute atomic E-state index is 0.0728. The second-order valence-corrected chi connectivity index (χ2v) is 6.16. The van der Waals surface area contributed by atoms with Crippen LogP contribution in [0.4, 0.5) is 0 Å². The van der Waals surface area contributed by atoms with Crippen LogP contribution in [0.15, 0.2) is 78.9 Å². The molecule has 3 aromatic carbocycles. The van der Waals surface area contributed by atoms with E-state index >= 15 is 0 Å². The third-order valence-electron chi connectivity index (χ3n) is 4.29. The molecular weight excluding hydrogens is 338 g/mol. The van der Waals surface area contributed by atoms with Crippen molar-refractivity contribution in [2.45, 2.75) is 13.0 Å². The monoisotopic (exact) mass is 359 g/mol. The van der Waals surface area contributed by atoms with E-state index in [9.17, 15) is 9.59 Å². The van der Waals surface area contributed by atoms with Crippen LogP contribution in [0, 0.1) is 0 Å². The SMILES string of the molecule is COc1ccc(CNC(=O)c2ccccc2C(=O)Cc2ccccc2)cc1. The van der Waals surface area contributed by atoms with E-state index in [4.69, 9.17) is 4.74 Å². The van der Waals surface area contributed by atoms with Gasteiger partial charge in [0.2, 0.25) is 0 Å². The van der Waals surface area contributed by atoms with E-state index in [1.54, 1.807) is 31.4 Å². The molecule has 0 saturated carbocycles.